The lowest BCUT2D eigenvalue weighted by Crippen LogP contribution is -2.43. The molecule has 3 rings (SSSR count). The van der Waals surface area contributed by atoms with Gasteiger partial charge >= 0.3 is 5.97 Å². The molecule has 1 heterocycles. The van der Waals surface area contributed by atoms with Crippen LogP contribution in [0.3, 0.4) is 0 Å². The Kier molecular flexibility index (Phi) is 6.18. The zero-order valence-electron chi connectivity index (χ0n) is 14.9. The van der Waals surface area contributed by atoms with E-state index < -0.39 is 57.2 Å². The number of rotatable bonds is 6. The second-order valence-electron chi connectivity index (χ2n) is 6.73. The molecule has 4 atom stereocenters. The monoisotopic (exact) mass is 451 g/mol. The first-order chi connectivity index (χ1) is 13.6. The number of hydrogen-bond donors (Lipinski definition) is 4. The Bertz CT molecular complexity index is 939. The molecule has 12 heteroatoms. The molecule has 2 unspecified atom stereocenters. The fraction of sp³-hybridized carbons (Fsp3) is 0.471. The highest BCUT2D eigenvalue weighted by molar-refractivity contribution is 7.93. The molecule has 1 saturated heterocycles. The number of hydrogen-bond acceptors (Lipinski definition) is 7. The van der Waals surface area contributed by atoms with Crippen LogP contribution in [0.5, 0.6) is 0 Å². The van der Waals surface area contributed by atoms with Crippen LogP contribution >= 0.6 is 11.6 Å². The number of ether oxygens (including phenoxy) is 2. The Morgan fingerprint density at radius 2 is 2.17 bits per heavy atom. The van der Waals surface area contributed by atoms with Crippen LogP contribution in [-0.4, -0.2) is 66.2 Å². The number of carboxylic acids is 1. The lowest BCUT2D eigenvalue weighted by Gasteiger charge is -2.33. The third-order valence-electron chi connectivity index (χ3n) is 4.74. The number of aliphatic hydroxyl groups is 2. The summed E-state index contributed by atoms with van der Waals surface area (Å²) in [7, 11) is -4.25. The van der Waals surface area contributed by atoms with Crippen molar-refractivity contribution >= 4 is 33.3 Å². The summed E-state index contributed by atoms with van der Waals surface area (Å²) in [5.74, 6) is -3.64. The SMILES string of the molecule is O=C(O)C1=CC2(CCC1S(=O)(=O)Nc1ccc(F)cc1Cl)OC[C@H]([C@H](O)CO)O2. The molecule has 0 aromatic heterocycles. The molecule has 2 aliphatic rings. The maximum Gasteiger partial charge on any atom is 0.332 e. The zero-order chi connectivity index (χ0) is 21.4. The standard InChI is InChI=1S/C17H19ClFNO8S/c18-11-5-9(19)1-2-12(11)20-29(25,26)15-3-4-17(6-10(15)16(23)24)27-8-14(28-17)13(22)7-21/h1-2,5-6,13-15,20-22H,3-4,7-8H2,(H,23,24)/t13-,14-,15?,17?/m1/s1. The number of halogens is 2. The van der Waals surface area contributed by atoms with Gasteiger partial charge in [0.2, 0.25) is 10.0 Å². The van der Waals surface area contributed by atoms with Gasteiger partial charge < -0.3 is 24.8 Å². The predicted molar refractivity (Wildman–Crippen MR) is 99.3 cm³/mol. The minimum atomic E-state index is -4.25. The van der Waals surface area contributed by atoms with E-state index in [1.165, 1.54) is 0 Å². The van der Waals surface area contributed by atoms with E-state index >= 15 is 0 Å². The maximum atomic E-state index is 13.2. The van der Waals surface area contributed by atoms with E-state index in [2.05, 4.69) is 4.72 Å². The smallest absolute Gasteiger partial charge is 0.332 e. The molecule has 0 amide bonds. The molecule has 29 heavy (non-hydrogen) atoms. The Morgan fingerprint density at radius 3 is 2.79 bits per heavy atom. The average molecular weight is 452 g/mol. The molecule has 160 valence electrons. The normalized spacial score (nSPS) is 28.2. The van der Waals surface area contributed by atoms with E-state index in [1.807, 2.05) is 0 Å². The summed E-state index contributed by atoms with van der Waals surface area (Å²) in [4.78, 5) is 11.8. The zero-order valence-corrected chi connectivity index (χ0v) is 16.5. The van der Waals surface area contributed by atoms with Gasteiger partial charge in [0, 0.05) is 6.42 Å². The van der Waals surface area contributed by atoms with E-state index in [4.69, 9.17) is 26.2 Å². The molecule has 1 aromatic rings. The van der Waals surface area contributed by atoms with E-state index in [0.29, 0.717) is 0 Å². The van der Waals surface area contributed by atoms with Crippen molar-refractivity contribution in [3.05, 3.63) is 40.7 Å². The van der Waals surface area contributed by atoms with Gasteiger partial charge in [-0.3, -0.25) is 4.72 Å². The van der Waals surface area contributed by atoms with Crippen LogP contribution in [0.1, 0.15) is 12.8 Å². The fourth-order valence-electron chi connectivity index (χ4n) is 3.27. The second kappa shape index (κ2) is 8.17. The Labute approximate surface area is 170 Å². The minimum Gasteiger partial charge on any atom is -0.478 e. The van der Waals surface area contributed by atoms with E-state index in [-0.39, 0.29) is 30.2 Å². The van der Waals surface area contributed by atoms with E-state index in [9.17, 15) is 27.8 Å². The summed E-state index contributed by atoms with van der Waals surface area (Å²) in [5, 5.41) is 26.7. The van der Waals surface area contributed by atoms with Crippen LogP contribution in [0.2, 0.25) is 5.02 Å². The first kappa shape index (κ1) is 21.9. The van der Waals surface area contributed by atoms with Gasteiger partial charge in [-0.05, 0) is 30.7 Å². The number of aliphatic carboxylic acids is 1. The molecule has 0 saturated carbocycles. The van der Waals surface area contributed by atoms with Crippen molar-refractivity contribution in [1.82, 2.24) is 0 Å². The topological polar surface area (TPSA) is 142 Å². The average Bonchev–Trinajstić information content (AvgIpc) is 3.06. The lowest BCUT2D eigenvalue weighted by molar-refractivity contribution is -0.155. The number of aliphatic hydroxyl groups excluding tert-OH is 2. The van der Waals surface area contributed by atoms with Crippen LogP contribution < -0.4 is 4.72 Å². The first-order valence-corrected chi connectivity index (χ1v) is 10.5. The molecule has 1 aromatic carbocycles. The fourth-order valence-corrected chi connectivity index (χ4v) is 5.10. The Hall–Kier alpha value is -1.76. The highest BCUT2D eigenvalue weighted by Crippen LogP contribution is 2.39. The van der Waals surface area contributed by atoms with Crippen molar-refractivity contribution < 1.29 is 42.4 Å². The highest BCUT2D eigenvalue weighted by Gasteiger charge is 2.49. The predicted octanol–water partition coefficient (Wildman–Crippen LogP) is 0.859. The third kappa shape index (κ3) is 4.55. The molecular weight excluding hydrogens is 433 g/mol. The van der Waals surface area contributed by atoms with Crippen molar-refractivity contribution in [2.24, 2.45) is 0 Å². The van der Waals surface area contributed by atoms with E-state index in [1.54, 1.807) is 0 Å². The molecule has 1 aliphatic carbocycles. The van der Waals surface area contributed by atoms with Crippen LogP contribution in [0.4, 0.5) is 10.1 Å². The van der Waals surface area contributed by atoms with Gasteiger partial charge in [-0.2, -0.15) is 0 Å². The van der Waals surface area contributed by atoms with Gasteiger partial charge in [-0.15, -0.1) is 0 Å². The molecule has 9 nitrogen and oxygen atoms in total. The number of sulfonamides is 1. The maximum absolute atomic E-state index is 13.2. The molecule has 1 spiro atoms. The first-order valence-electron chi connectivity index (χ1n) is 8.60. The van der Waals surface area contributed by atoms with Gasteiger partial charge in [0.05, 0.1) is 29.5 Å². The van der Waals surface area contributed by atoms with Crippen molar-refractivity contribution in [3.63, 3.8) is 0 Å². The van der Waals surface area contributed by atoms with Crippen LogP contribution in [0.25, 0.3) is 0 Å². The van der Waals surface area contributed by atoms with Gasteiger partial charge in [-0.1, -0.05) is 11.6 Å². The molecule has 1 fully saturated rings. The molecular formula is C17H19ClFNO8S. The van der Waals surface area contributed by atoms with Crippen LogP contribution in [0, 0.1) is 5.82 Å². The molecule has 0 radical (unpaired) electrons. The van der Waals surface area contributed by atoms with Gasteiger partial charge in [0.25, 0.3) is 0 Å². The highest BCUT2D eigenvalue weighted by atomic mass is 35.5. The van der Waals surface area contributed by atoms with Crippen LogP contribution in [-0.2, 0) is 24.3 Å². The number of carboxylic acid groups (broad SMARTS) is 1. The minimum absolute atomic E-state index is 0.00115. The summed E-state index contributed by atoms with van der Waals surface area (Å²) < 4.78 is 52.1. The molecule has 0 bridgehead atoms. The van der Waals surface area contributed by atoms with Crippen molar-refractivity contribution in [1.29, 1.82) is 0 Å². The Morgan fingerprint density at radius 1 is 1.45 bits per heavy atom. The summed E-state index contributed by atoms with van der Waals surface area (Å²) in [5.41, 5.74) is -0.557. The largest absolute Gasteiger partial charge is 0.478 e. The number of carbonyl (C=O) groups is 1. The summed E-state index contributed by atoms with van der Waals surface area (Å²) in [6, 6.07) is 3.07. The van der Waals surface area contributed by atoms with Crippen molar-refractivity contribution in [2.45, 2.75) is 36.1 Å². The van der Waals surface area contributed by atoms with Crippen molar-refractivity contribution in [2.75, 3.05) is 17.9 Å². The van der Waals surface area contributed by atoms with Gasteiger partial charge in [0.1, 0.15) is 23.3 Å². The summed E-state index contributed by atoms with van der Waals surface area (Å²) in [6.07, 6.45) is -1.19. The molecule has 1 aliphatic heterocycles. The number of benzene rings is 1. The number of nitrogens with one attached hydrogen (secondary N) is 1. The lowest BCUT2D eigenvalue weighted by atomic mass is 9.94. The second-order valence-corrected chi connectivity index (χ2v) is 9.00. The van der Waals surface area contributed by atoms with E-state index in [0.717, 1.165) is 24.3 Å². The quantitative estimate of drug-likeness (QED) is 0.498. The van der Waals surface area contributed by atoms with Gasteiger partial charge in [0.15, 0.2) is 5.79 Å². The number of anilines is 1. The molecule has 4 N–H and O–H groups in total. The van der Waals surface area contributed by atoms with Gasteiger partial charge in [-0.25, -0.2) is 17.6 Å². The van der Waals surface area contributed by atoms with Crippen LogP contribution in [0.15, 0.2) is 29.8 Å². The third-order valence-corrected chi connectivity index (χ3v) is 6.80. The summed E-state index contributed by atoms with van der Waals surface area (Å²) in [6.45, 7) is -0.662. The Balaban J connectivity index is 1.87. The summed E-state index contributed by atoms with van der Waals surface area (Å²) >= 11 is 5.85. The van der Waals surface area contributed by atoms with Crippen molar-refractivity contribution in [3.8, 4) is 0 Å².